The zero-order valence-corrected chi connectivity index (χ0v) is 8.34. The molecule has 1 aromatic carbocycles. The first kappa shape index (κ1) is 9.88. The van der Waals surface area contributed by atoms with E-state index in [-0.39, 0.29) is 0 Å². The molecule has 0 radical (unpaired) electrons. The standard InChI is InChI=1S/C11H11NS/c1-2-10(8-12)9-13-11-6-4-3-5-7-11/h3-7,9H,2H2,1H3. The highest BCUT2D eigenvalue weighted by molar-refractivity contribution is 8.02. The molecular formula is C11H11NS. The molecule has 0 aliphatic rings. The molecule has 2 heteroatoms. The highest BCUT2D eigenvalue weighted by Gasteiger charge is 1.91. The summed E-state index contributed by atoms with van der Waals surface area (Å²) in [4.78, 5) is 1.17. The minimum atomic E-state index is 0.802. The zero-order chi connectivity index (χ0) is 9.52. The number of benzene rings is 1. The Balaban J connectivity index is 2.62. The van der Waals surface area contributed by atoms with Gasteiger partial charge in [-0.3, -0.25) is 0 Å². The molecule has 0 unspecified atom stereocenters. The number of hydrogen-bond donors (Lipinski definition) is 0. The summed E-state index contributed by atoms with van der Waals surface area (Å²) in [5, 5.41) is 10.6. The SMILES string of the molecule is CCC(C#N)=CSc1ccccc1. The van der Waals surface area contributed by atoms with Gasteiger partial charge in [0.1, 0.15) is 0 Å². The molecule has 0 spiro atoms. The summed E-state index contributed by atoms with van der Waals surface area (Å²) in [6, 6.07) is 12.2. The van der Waals surface area contributed by atoms with Crippen molar-refractivity contribution in [2.75, 3.05) is 0 Å². The Labute approximate surface area is 83.1 Å². The molecule has 0 saturated carbocycles. The summed E-state index contributed by atoms with van der Waals surface area (Å²) in [6.07, 6.45) is 0.802. The van der Waals surface area contributed by atoms with Gasteiger partial charge in [-0.1, -0.05) is 36.9 Å². The number of nitriles is 1. The van der Waals surface area contributed by atoms with Gasteiger partial charge in [0, 0.05) is 10.5 Å². The van der Waals surface area contributed by atoms with E-state index >= 15 is 0 Å². The van der Waals surface area contributed by atoms with Crippen molar-refractivity contribution in [1.29, 1.82) is 5.26 Å². The van der Waals surface area contributed by atoms with Gasteiger partial charge in [0.25, 0.3) is 0 Å². The van der Waals surface area contributed by atoms with Crippen LogP contribution >= 0.6 is 11.8 Å². The topological polar surface area (TPSA) is 23.8 Å². The number of hydrogen-bond acceptors (Lipinski definition) is 2. The average molecular weight is 189 g/mol. The van der Waals surface area contributed by atoms with Crippen LogP contribution in [0, 0.1) is 11.3 Å². The molecule has 0 heterocycles. The van der Waals surface area contributed by atoms with Crippen LogP contribution < -0.4 is 0 Å². The van der Waals surface area contributed by atoms with Gasteiger partial charge in [0.15, 0.2) is 0 Å². The molecule has 0 atom stereocenters. The fraction of sp³-hybridized carbons (Fsp3) is 0.182. The van der Waals surface area contributed by atoms with E-state index in [0.717, 1.165) is 12.0 Å². The van der Waals surface area contributed by atoms with Crippen LogP contribution in [0.5, 0.6) is 0 Å². The molecule has 0 aliphatic carbocycles. The van der Waals surface area contributed by atoms with Crippen LogP contribution in [-0.2, 0) is 0 Å². The Bertz CT molecular complexity index is 322. The molecule has 66 valence electrons. The average Bonchev–Trinajstić information content (AvgIpc) is 2.21. The van der Waals surface area contributed by atoms with Crippen LogP contribution in [0.15, 0.2) is 46.2 Å². The van der Waals surface area contributed by atoms with Gasteiger partial charge in [0.05, 0.1) is 6.07 Å². The van der Waals surface area contributed by atoms with E-state index in [4.69, 9.17) is 5.26 Å². The second-order valence-electron chi connectivity index (χ2n) is 2.54. The van der Waals surface area contributed by atoms with Crippen LogP contribution in [0.4, 0.5) is 0 Å². The van der Waals surface area contributed by atoms with E-state index in [0.29, 0.717) is 0 Å². The Morgan fingerprint density at radius 1 is 1.46 bits per heavy atom. The van der Waals surface area contributed by atoms with Gasteiger partial charge >= 0.3 is 0 Å². The Kier molecular flexibility index (Phi) is 4.14. The third-order valence-electron chi connectivity index (χ3n) is 1.60. The first-order valence-corrected chi connectivity index (χ1v) is 5.05. The van der Waals surface area contributed by atoms with Gasteiger partial charge in [-0.15, -0.1) is 0 Å². The van der Waals surface area contributed by atoms with Crippen molar-refractivity contribution in [3.8, 4) is 6.07 Å². The summed E-state index contributed by atoms with van der Waals surface area (Å²) < 4.78 is 0. The molecule has 0 fully saturated rings. The van der Waals surface area contributed by atoms with E-state index in [9.17, 15) is 0 Å². The fourth-order valence-corrected chi connectivity index (χ4v) is 1.64. The lowest BCUT2D eigenvalue weighted by Crippen LogP contribution is -1.72. The van der Waals surface area contributed by atoms with Crippen LogP contribution in [0.1, 0.15) is 13.3 Å². The lowest BCUT2D eigenvalue weighted by Gasteiger charge is -1.94. The van der Waals surface area contributed by atoms with Gasteiger partial charge < -0.3 is 0 Å². The molecule has 1 rings (SSSR count). The number of thioether (sulfide) groups is 1. The van der Waals surface area contributed by atoms with E-state index < -0.39 is 0 Å². The lowest BCUT2D eigenvalue weighted by molar-refractivity contribution is 1.16. The van der Waals surface area contributed by atoms with Crippen LogP contribution in [0.25, 0.3) is 0 Å². The quantitative estimate of drug-likeness (QED) is 0.536. The normalized spacial score (nSPS) is 10.9. The lowest BCUT2D eigenvalue weighted by atomic mass is 10.3. The van der Waals surface area contributed by atoms with Gasteiger partial charge in [-0.25, -0.2) is 0 Å². The van der Waals surface area contributed by atoms with Crippen LogP contribution in [0.3, 0.4) is 0 Å². The van der Waals surface area contributed by atoms with Crippen molar-refractivity contribution < 1.29 is 0 Å². The fourth-order valence-electron chi connectivity index (χ4n) is 0.827. The Morgan fingerprint density at radius 3 is 2.69 bits per heavy atom. The summed E-state index contributed by atoms with van der Waals surface area (Å²) in [5.74, 6) is 0. The maximum Gasteiger partial charge on any atom is 0.0952 e. The Hall–Kier alpha value is -1.20. The molecule has 13 heavy (non-hydrogen) atoms. The van der Waals surface area contributed by atoms with Crippen molar-refractivity contribution in [1.82, 2.24) is 0 Å². The zero-order valence-electron chi connectivity index (χ0n) is 7.53. The summed E-state index contributed by atoms with van der Waals surface area (Å²) in [6.45, 7) is 1.99. The molecule has 0 N–H and O–H groups in total. The predicted octanol–water partition coefficient (Wildman–Crippen LogP) is 3.60. The predicted molar refractivity (Wildman–Crippen MR) is 56.3 cm³/mol. The number of allylic oxidation sites excluding steroid dienone is 1. The molecule has 0 saturated heterocycles. The van der Waals surface area contributed by atoms with Crippen LogP contribution in [0.2, 0.25) is 0 Å². The van der Waals surface area contributed by atoms with Crippen molar-refractivity contribution in [2.24, 2.45) is 0 Å². The van der Waals surface area contributed by atoms with E-state index in [1.54, 1.807) is 11.8 Å². The molecule has 1 aromatic rings. The summed E-state index contributed by atoms with van der Waals surface area (Å²) in [5.41, 5.74) is 0.828. The van der Waals surface area contributed by atoms with Gasteiger partial charge in [0.2, 0.25) is 0 Å². The smallest absolute Gasteiger partial charge is 0.0952 e. The minimum Gasteiger partial charge on any atom is -0.193 e. The van der Waals surface area contributed by atoms with E-state index in [2.05, 4.69) is 6.07 Å². The summed E-state index contributed by atoms with van der Waals surface area (Å²) in [7, 11) is 0. The second kappa shape index (κ2) is 5.45. The van der Waals surface area contributed by atoms with Crippen molar-refractivity contribution in [3.05, 3.63) is 41.3 Å². The van der Waals surface area contributed by atoms with Crippen molar-refractivity contribution in [3.63, 3.8) is 0 Å². The third kappa shape index (κ3) is 3.35. The highest BCUT2D eigenvalue weighted by atomic mass is 32.2. The largest absolute Gasteiger partial charge is 0.193 e. The van der Waals surface area contributed by atoms with Crippen LogP contribution in [-0.4, -0.2) is 0 Å². The van der Waals surface area contributed by atoms with Crippen molar-refractivity contribution >= 4 is 11.8 Å². The summed E-state index contributed by atoms with van der Waals surface area (Å²) >= 11 is 1.59. The first-order chi connectivity index (χ1) is 6.36. The Morgan fingerprint density at radius 2 is 2.15 bits per heavy atom. The number of rotatable bonds is 3. The van der Waals surface area contributed by atoms with Gasteiger partial charge in [-0.2, -0.15) is 5.26 Å². The molecule has 0 bridgehead atoms. The molecule has 0 aromatic heterocycles. The van der Waals surface area contributed by atoms with E-state index in [1.165, 1.54) is 4.90 Å². The number of nitrogens with zero attached hydrogens (tertiary/aromatic N) is 1. The minimum absolute atomic E-state index is 0.802. The van der Waals surface area contributed by atoms with Gasteiger partial charge in [-0.05, 0) is 24.0 Å². The monoisotopic (exact) mass is 189 g/mol. The molecule has 0 aliphatic heterocycles. The maximum atomic E-state index is 8.67. The third-order valence-corrected chi connectivity index (χ3v) is 2.55. The molecule has 0 amide bonds. The second-order valence-corrected chi connectivity index (χ2v) is 3.48. The van der Waals surface area contributed by atoms with Crippen molar-refractivity contribution in [2.45, 2.75) is 18.2 Å². The molecular weight excluding hydrogens is 178 g/mol. The first-order valence-electron chi connectivity index (χ1n) is 4.17. The highest BCUT2D eigenvalue weighted by Crippen LogP contribution is 2.20. The molecule has 1 nitrogen and oxygen atoms in total. The maximum absolute atomic E-state index is 8.67. The van der Waals surface area contributed by atoms with E-state index in [1.807, 2.05) is 42.7 Å².